The van der Waals surface area contributed by atoms with Crippen LogP contribution >= 0.6 is 0 Å². The van der Waals surface area contributed by atoms with Gasteiger partial charge in [0, 0.05) is 6.42 Å². The normalized spacial score (nSPS) is 12.5. The van der Waals surface area contributed by atoms with E-state index in [4.69, 9.17) is 15.9 Å². The van der Waals surface area contributed by atoms with Crippen molar-refractivity contribution in [3.05, 3.63) is 35.9 Å². The van der Waals surface area contributed by atoms with E-state index in [1.165, 1.54) is 0 Å². The van der Waals surface area contributed by atoms with Gasteiger partial charge in [-0.1, -0.05) is 30.3 Å². The first-order valence-corrected chi connectivity index (χ1v) is 7.81. The molecule has 10 nitrogen and oxygen atoms in total. The number of nitrogens with two attached hydrogens (primary N) is 1. The number of carbonyl (C=O) groups is 4. The maximum absolute atomic E-state index is 12.3. The van der Waals surface area contributed by atoms with Gasteiger partial charge >= 0.3 is 5.97 Å². The molecular formula is C16H22N4O6. The van der Waals surface area contributed by atoms with E-state index in [2.05, 4.69) is 16.0 Å². The molecule has 26 heavy (non-hydrogen) atoms. The summed E-state index contributed by atoms with van der Waals surface area (Å²) >= 11 is 0. The van der Waals surface area contributed by atoms with Crippen molar-refractivity contribution in [3.8, 4) is 0 Å². The zero-order valence-electron chi connectivity index (χ0n) is 14.0. The van der Waals surface area contributed by atoms with Crippen molar-refractivity contribution in [1.29, 1.82) is 0 Å². The molecule has 0 aliphatic heterocycles. The number of aliphatic hydroxyl groups is 1. The van der Waals surface area contributed by atoms with E-state index in [0.717, 1.165) is 5.56 Å². The molecule has 0 saturated heterocycles. The first kappa shape index (κ1) is 21.1. The lowest BCUT2D eigenvalue weighted by Gasteiger charge is -2.21. The number of aliphatic hydroxyl groups excluding tert-OH is 1. The highest BCUT2D eigenvalue weighted by Gasteiger charge is 2.26. The Morgan fingerprint density at radius 3 is 2.19 bits per heavy atom. The lowest BCUT2D eigenvalue weighted by Crippen LogP contribution is -2.54. The van der Waals surface area contributed by atoms with Crippen molar-refractivity contribution < 1.29 is 29.4 Å². The number of benzene rings is 1. The van der Waals surface area contributed by atoms with Gasteiger partial charge in [0.15, 0.2) is 0 Å². The van der Waals surface area contributed by atoms with Gasteiger partial charge in [-0.05, 0) is 5.56 Å². The van der Waals surface area contributed by atoms with Crippen molar-refractivity contribution in [2.24, 2.45) is 5.73 Å². The number of hydrogen-bond donors (Lipinski definition) is 6. The smallest absolute Gasteiger partial charge is 0.328 e. The van der Waals surface area contributed by atoms with Gasteiger partial charge in [-0.2, -0.15) is 0 Å². The predicted octanol–water partition coefficient (Wildman–Crippen LogP) is -2.65. The van der Waals surface area contributed by atoms with Crippen LogP contribution in [0.15, 0.2) is 30.3 Å². The topological polar surface area (TPSA) is 171 Å². The Morgan fingerprint density at radius 1 is 1.00 bits per heavy atom. The van der Waals surface area contributed by atoms with E-state index in [1.54, 1.807) is 30.3 Å². The van der Waals surface area contributed by atoms with Crippen LogP contribution in [-0.4, -0.2) is 65.7 Å². The number of aliphatic carboxylic acids is 1. The quantitative estimate of drug-likeness (QED) is 0.262. The Hall–Kier alpha value is -2.98. The molecule has 0 aliphatic carbocycles. The third kappa shape index (κ3) is 7.28. The number of hydrogen-bond acceptors (Lipinski definition) is 6. The second-order valence-corrected chi connectivity index (χ2v) is 5.37. The Bertz CT molecular complexity index is 637. The van der Waals surface area contributed by atoms with Gasteiger partial charge in [-0.3, -0.25) is 14.4 Å². The third-order valence-corrected chi connectivity index (χ3v) is 3.36. The van der Waals surface area contributed by atoms with E-state index in [1.807, 2.05) is 0 Å². The Kier molecular flexibility index (Phi) is 8.75. The zero-order valence-corrected chi connectivity index (χ0v) is 14.0. The number of carboxylic acid groups (broad SMARTS) is 1. The van der Waals surface area contributed by atoms with Crippen molar-refractivity contribution in [1.82, 2.24) is 16.0 Å². The monoisotopic (exact) mass is 366 g/mol. The van der Waals surface area contributed by atoms with Crippen LogP contribution in [0.2, 0.25) is 0 Å². The largest absolute Gasteiger partial charge is 0.480 e. The molecule has 0 bridgehead atoms. The van der Waals surface area contributed by atoms with Crippen LogP contribution in [0.5, 0.6) is 0 Å². The molecular weight excluding hydrogens is 344 g/mol. The fourth-order valence-corrected chi connectivity index (χ4v) is 2.01. The van der Waals surface area contributed by atoms with Crippen LogP contribution in [0.25, 0.3) is 0 Å². The first-order valence-electron chi connectivity index (χ1n) is 7.81. The molecule has 0 saturated carbocycles. The molecule has 0 aromatic heterocycles. The fourth-order valence-electron chi connectivity index (χ4n) is 2.01. The molecule has 0 spiro atoms. The Labute approximate surface area is 149 Å². The highest BCUT2D eigenvalue weighted by molar-refractivity contribution is 5.92. The molecule has 142 valence electrons. The molecule has 0 fully saturated rings. The SMILES string of the molecule is NCC(=O)NCC(=O)NC(Cc1ccccc1)C(=O)NC(CO)C(=O)O. The average molecular weight is 366 g/mol. The molecule has 2 atom stereocenters. The van der Waals surface area contributed by atoms with Crippen LogP contribution in [0.3, 0.4) is 0 Å². The summed E-state index contributed by atoms with van der Waals surface area (Å²) < 4.78 is 0. The second-order valence-electron chi connectivity index (χ2n) is 5.37. The number of nitrogens with one attached hydrogen (secondary N) is 3. The van der Waals surface area contributed by atoms with Gasteiger partial charge in [0.05, 0.1) is 19.7 Å². The van der Waals surface area contributed by atoms with Gasteiger partial charge in [0.25, 0.3) is 0 Å². The molecule has 0 radical (unpaired) electrons. The third-order valence-electron chi connectivity index (χ3n) is 3.36. The van der Waals surface area contributed by atoms with E-state index < -0.39 is 42.4 Å². The molecule has 7 N–H and O–H groups in total. The van der Waals surface area contributed by atoms with Gasteiger partial charge < -0.3 is 31.9 Å². The number of carbonyl (C=O) groups excluding carboxylic acids is 3. The summed E-state index contributed by atoms with van der Waals surface area (Å²) in [7, 11) is 0. The van der Waals surface area contributed by atoms with Gasteiger partial charge in [-0.25, -0.2) is 4.79 Å². The fraction of sp³-hybridized carbons (Fsp3) is 0.375. The molecule has 3 amide bonds. The highest BCUT2D eigenvalue weighted by atomic mass is 16.4. The lowest BCUT2D eigenvalue weighted by atomic mass is 10.0. The van der Waals surface area contributed by atoms with Crippen LogP contribution in [0.1, 0.15) is 5.56 Å². The van der Waals surface area contributed by atoms with E-state index >= 15 is 0 Å². The van der Waals surface area contributed by atoms with Gasteiger partial charge in [0.2, 0.25) is 17.7 Å². The minimum atomic E-state index is -1.49. The maximum Gasteiger partial charge on any atom is 0.328 e. The van der Waals surface area contributed by atoms with Gasteiger partial charge in [0.1, 0.15) is 12.1 Å². The Balaban J connectivity index is 2.80. The van der Waals surface area contributed by atoms with E-state index in [0.29, 0.717) is 0 Å². The molecule has 1 rings (SSSR count). The van der Waals surface area contributed by atoms with Crippen molar-refractivity contribution in [3.63, 3.8) is 0 Å². The summed E-state index contributed by atoms with van der Waals surface area (Å²) in [6, 6.07) is 6.18. The number of amides is 3. The van der Waals surface area contributed by atoms with Crippen molar-refractivity contribution in [2.75, 3.05) is 19.7 Å². The number of rotatable bonds is 10. The molecule has 10 heteroatoms. The van der Waals surface area contributed by atoms with E-state index in [9.17, 15) is 19.2 Å². The summed E-state index contributed by atoms with van der Waals surface area (Å²) in [6.07, 6.45) is 0.0982. The second kappa shape index (κ2) is 10.8. The molecule has 1 aromatic rings. The molecule has 0 heterocycles. The van der Waals surface area contributed by atoms with Crippen molar-refractivity contribution in [2.45, 2.75) is 18.5 Å². The zero-order chi connectivity index (χ0) is 19.5. The van der Waals surface area contributed by atoms with Crippen molar-refractivity contribution >= 4 is 23.7 Å². The summed E-state index contributed by atoms with van der Waals surface area (Å²) in [5, 5.41) is 24.8. The highest BCUT2D eigenvalue weighted by Crippen LogP contribution is 2.04. The summed E-state index contributed by atoms with van der Waals surface area (Å²) in [5.41, 5.74) is 5.85. The average Bonchev–Trinajstić information content (AvgIpc) is 2.63. The van der Waals surface area contributed by atoms with Crippen LogP contribution in [0, 0.1) is 0 Å². The predicted molar refractivity (Wildman–Crippen MR) is 90.8 cm³/mol. The minimum absolute atomic E-state index is 0.0982. The summed E-state index contributed by atoms with van der Waals surface area (Å²) in [6.45, 7) is -1.45. The summed E-state index contributed by atoms with van der Waals surface area (Å²) in [4.78, 5) is 46.3. The molecule has 2 unspecified atom stereocenters. The van der Waals surface area contributed by atoms with Gasteiger partial charge in [-0.15, -0.1) is 0 Å². The molecule has 0 aliphatic rings. The standard InChI is InChI=1S/C16H22N4O6/c17-7-13(22)18-8-14(23)19-11(6-10-4-2-1-3-5-10)15(24)20-12(9-21)16(25)26/h1-5,11-12,21H,6-9,17H2,(H,18,22)(H,19,23)(H,20,24)(H,25,26). The van der Waals surface area contributed by atoms with Crippen LogP contribution < -0.4 is 21.7 Å². The minimum Gasteiger partial charge on any atom is -0.480 e. The Morgan fingerprint density at radius 2 is 1.65 bits per heavy atom. The number of carboxylic acids is 1. The molecule has 1 aromatic carbocycles. The first-order chi connectivity index (χ1) is 12.4. The van der Waals surface area contributed by atoms with Crippen LogP contribution in [-0.2, 0) is 25.6 Å². The van der Waals surface area contributed by atoms with E-state index in [-0.39, 0.29) is 19.5 Å². The summed E-state index contributed by atoms with van der Waals surface area (Å²) in [5.74, 6) is -3.34. The van der Waals surface area contributed by atoms with Crippen LogP contribution in [0.4, 0.5) is 0 Å². The maximum atomic E-state index is 12.3. The lowest BCUT2D eigenvalue weighted by molar-refractivity contribution is -0.143.